The molecule has 3 rings (SSSR count). The molecule has 2 amide bonds. The minimum absolute atomic E-state index is 0.0241. The quantitative estimate of drug-likeness (QED) is 0.413. The lowest BCUT2D eigenvalue weighted by atomic mass is 9.98. The van der Waals surface area contributed by atoms with Crippen molar-refractivity contribution in [2.24, 2.45) is 5.73 Å². The van der Waals surface area contributed by atoms with Crippen LogP contribution in [0.1, 0.15) is 43.6 Å². The molecule has 7 nitrogen and oxygen atoms in total. The first-order chi connectivity index (χ1) is 14.8. The Kier molecular flexibility index (Phi) is 6.84. The van der Waals surface area contributed by atoms with Crippen LogP contribution in [0, 0.1) is 0 Å². The summed E-state index contributed by atoms with van der Waals surface area (Å²) in [4.78, 5) is 49.3. The lowest BCUT2D eigenvalue weighted by Gasteiger charge is -2.15. The van der Waals surface area contributed by atoms with E-state index in [0.717, 1.165) is 11.3 Å². The number of hydrogen-bond donors (Lipinski definition) is 2. The van der Waals surface area contributed by atoms with E-state index >= 15 is 0 Å². The van der Waals surface area contributed by atoms with Crippen LogP contribution in [-0.4, -0.2) is 29.7 Å². The van der Waals surface area contributed by atoms with Gasteiger partial charge in [0.25, 0.3) is 11.8 Å². The van der Waals surface area contributed by atoms with Gasteiger partial charge < -0.3 is 15.8 Å². The maximum Gasteiger partial charge on any atom is 0.339 e. The monoisotopic (exact) mass is 456 g/mol. The molecule has 1 atom stereocenters. The predicted octanol–water partition coefficient (Wildman–Crippen LogP) is 3.92. The molecule has 0 aliphatic rings. The highest BCUT2D eigenvalue weighted by Gasteiger charge is 2.24. The van der Waals surface area contributed by atoms with Crippen molar-refractivity contribution in [1.82, 2.24) is 0 Å². The number of carbonyl (C=O) groups excluding carboxylic acids is 4. The molecule has 1 aromatic heterocycles. The van der Waals surface area contributed by atoms with Crippen molar-refractivity contribution in [1.29, 1.82) is 0 Å². The lowest BCUT2D eigenvalue weighted by molar-refractivity contribution is -0.123. The number of anilines is 1. The number of carbonyl (C=O) groups is 4. The van der Waals surface area contributed by atoms with Crippen LogP contribution in [0.3, 0.4) is 0 Å². The van der Waals surface area contributed by atoms with Crippen LogP contribution in [0.4, 0.5) is 5.00 Å². The van der Waals surface area contributed by atoms with E-state index in [1.54, 1.807) is 41.8 Å². The Hall–Kier alpha value is -3.49. The maximum atomic E-state index is 12.8. The van der Waals surface area contributed by atoms with E-state index < -0.39 is 23.9 Å². The largest absolute Gasteiger partial charge is 0.449 e. The number of thiophene rings is 1. The first kappa shape index (κ1) is 22.2. The molecule has 0 spiro atoms. The second-order valence-electron chi connectivity index (χ2n) is 6.45. The van der Waals surface area contributed by atoms with Gasteiger partial charge in [-0.05, 0) is 48.7 Å². The first-order valence-corrected chi connectivity index (χ1v) is 10.3. The average Bonchev–Trinajstić information content (AvgIpc) is 3.22. The van der Waals surface area contributed by atoms with E-state index in [-0.39, 0.29) is 27.5 Å². The molecule has 1 unspecified atom stereocenters. The van der Waals surface area contributed by atoms with Crippen molar-refractivity contribution in [2.75, 3.05) is 5.32 Å². The Morgan fingerprint density at radius 2 is 1.61 bits per heavy atom. The molecule has 0 aliphatic carbocycles. The summed E-state index contributed by atoms with van der Waals surface area (Å²) in [6, 6.07) is 13.9. The van der Waals surface area contributed by atoms with Crippen molar-refractivity contribution >= 4 is 51.5 Å². The van der Waals surface area contributed by atoms with Crippen molar-refractivity contribution < 1.29 is 23.9 Å². The topological polar surface area (TPSA) is 116 Å². The maximum absolute atomic E-state index is 12.8. The number of halogens is 1. The van der Waals surface area contributed by atoms with Crippen molar-refractivity contribution in [3.05, 3.63) is 87.3 Å². The van der Waals surface area contributed by atoms with Crippen molar-refractivity contribution in [3.8, 4) is 0 Å². The molecule has 3 N–H and O–H groups in total. The average molecular weight is 457 g/mol. The van der Waals surface area contributed by atoms with Crippen LogP contribution >= 0.6 is 22.9 Å². The normalized spacial score (nSPS) is 11.4. The number of nitrogens with two attached hydrogens (primary N) is 1. The molecule has 0 fully saturated rings. The predicted molar refractivity (Wildman–Crippen MR) is 118 cm³/mol. The summed E-state index contributed by atoms with van der Waals surface area (Å²) in [5.41, 5.74) is 5.94. The van der Waals surface area contributed by atoms with Crippen LogP contribution in [-0.2, 0) is 9.53 Å². The third kappa shape index (κ3) is 5.17. The van der Waals surface area contributed by atoms with E-state index in [1.165, 1.54) is 25.1 Å². The summed E-state index contributed by atoms with van der Waals surface area (Å²) < 4.78 is 5.26. The highest BCUT2D eigenvalue weighted by Crippen LogP contribution is 2.23. The highest BCUT2D eigenvalue weighted by molar-refractivity contribution is 7.14. The molecule has 0 saturated carbocycles. The van der Waals surface area contributed by atoms with Gasteiger partial charge in [0.2, 0.25) is 0 Å². The summed E-state index contributed by atoms with van der Waals surface area (Å²) >= 11 is 6.98. The van der Waals surface area contributed by atoms with E-state index in [4.69, 9.17) is 22.1 Å². The molecule has 3 aromatic rings. The number of ether oxygens (including phenoxy) is 1. The number of hydrogen-bond acceptors (Lipinski definition) is 6. The van der Waals surface area contributed by atoms with Crippen LogP contribution in [0.5, 0.6) is 0 Å². The number of nitrogens with one attached hydrogen (secondary N) is 1. The number of rotatable bonds is 7. The van der Waals surface area contributed by atoms with Gasteiger partial charge in [0.1, 0.15) is 5.00 Å². The Labute approximate surface area is 186 Å². The molecule has 9 heteroatoms. The highest BCUT2D eigenvalue weighted by atomic mass is 35.5. The summed E-state index contributed by atoms with van der Waals surface area (Å²) in [5.74, 6) is -2.54. The van der Waals surface area contributed by atoms with Crippen molar-refractivity contribution in [2.45, 2.75) is 13.0 Å². The zero-order valence-electron chi connectivity index (χ0n) is 16.3. The number of benzene rings is 2. The fourth-order valence-corrected chi connectivity index (χ4v) is 3.63. The second kappa shape index (κ2) is 9.55. The van der Waals surface area contributed by atoms with E-state index in [1.807, 2.05) is 0 Å². The molecular formula is C22H17ClN2O5S. The minimum atomic E-state index is -1.19. The molecule has 0 radical (unpaired) electrons. The van der Waals surface area contributed by atoms with Crippen LogP contribution in [0.15, 0.2) is 60.0 Å². The minimum Gasteiger partial charge on any atom is -0.449 e. The van der Waals surface area contributed by atoms with Crippen LogP contribution in [0.25, 0.3) is 0 Å². The third-order valence-electron chi connectivity index (χ3n) is 4.32. The van der Waals surface area contributed by atoms with Gasteiger partial charge in [-0.2, -0.15) is 0 Å². The summed E-state index contributed by atoms with van der Waals surface area (Å²) in [7, 11) is 0. The number of esters is 1. The second-order valence-corrected chi connectivity index (χ2v) is 7.80. The van der Waals surface area contributed by atoms with E-state index in [9.17, 15) is 19.2 Å². The Morgan fingerprint density at radius 3 is 2.26 bits per heavy atom. The number of amides is 2. The van der Waals surface area contributed by atoms with Gasteiger partial charge in [0.05, 0.1) is 11.1 Å². The summed E-state index contributed by atoms with van der Waals surface area (Å²) in [6.45, 7) is 1.38. The molecule has 2 aromatic carbocycles. The summed E-state index contributed by atoms with van der Waals surface area (Å²) in [6.07, 6.45) is -1.19. The molecule has 0 bridgehead atoms. The zero-order chi connectivity index (χ0) is 22.5. The van der Waals surface area contributed by atoms with E-state index in [0.29, 0.717) is 10.6 Å². The third-order valence-corrected chi connectivity index (χ3v) is 5.40. The SMILES string of the molecule is CC(OC(=O)c1ccccc1C(=O)c1ccc(Cl)cc1)C(=O)Nc1sccc1C(N)=O. The van der Waals surface area contributed by atoms with Gasteiger partial charge >= 0.3 is 5.97 Å². The molecule has 31 heavy (non-hydrogen) atoms. The number of primary amides is 1. The van der Waals surface area contributed by atoms with Crippen LogP contribution in [0.2, 0.25) is 5.02 Å². The van der Waals surface area contributed by atoms with Gasteiger partial charge in [-0.1, -0.05) is 29.8 Å². The molecule has 0 aliphatic heterocycles. The van der Waals surface area contributed by atoms with Gasteiger partial charge in [0, 0.05) is 16.1 Å². The molecular weight excluding hydrogens is 440 g/mol. The summed E-state index contributed by atoms with van der Waals surface area (Å²) in [5, 5.41) is 4.86. The molecule has 0 saturated heterocycles. The fraction of sp³-hybridized carbons (Fsp3) is 0.0909. The van der Waals surface area contributed by atoms with E-state index in [2.05, 4.69) is 5.32 Å². The molecule has 1 heterocycles. The smallest absolute Gasteiger partial charge is 0.339 e. The fourth-order valence-electron chi connectivity index (χ4n) is 2.71. The van der Waals surface area contributed by atoms with Gasteiger partial charge in [0.15, 0.2) is 11.9 Å². The zero-order valence-corrected chi connectivity index (χ0v) is 17.8. The Morgan fingerprint density at radius 1 is 0.968 bits per heavy atom. The first-order valence-electron chi connectivity index (χ1n) is 9.06. The molecule has 158 valence electrons. The van der Waals surface area contributed by atoms with Gasteiger partial charge in [-0.15, -0.1) is 11.3 Å². The Bertz CT molecular complexity index is 1160. The van der Waals surface area contributed by atoms with Gasteiger partial charge in [-0.25, -0.2) is 4.79 Å². The lowest BCUT2D eigenvalue weighted by Crippen LogP contribution is -2.31. The van der Waals surface area contributed by atoms with Crippen LogP contribution < -0.4 is 11.1 Å². The van der Waals surface area contributed by atoms with Gasteiger partial charge in [-0.3, -0.25) is 14.4 Å². The number of ketones is 1. The standard InChI is InChI=1S/C22H17ClN2O5S/c1-12(20(28)25-21-17(19(24)27)10-11-31-21)30-22(29)16-5-3-2-4-15(16)18(26)13-6-8-14(23)9-7-13/h2-12H,1H3,(H2,24,27)(H,25,28). The van der Waals surface area contributed by atoms with Crippen molar-refractivity contribution in [3.63, 3.8) is 0 Å². The Balaban J connectivity index is 1.75.